The van der Waals surface area contributed by atoms with Crippen molar-refractivity contribution in [2.45, 2.75) is 18.9 Å². The average molecular weight is 250 g/mol. The van der Waals surface area contributed by atoms with Gasteiger partial charge in [-0.3, -0.25) is 4.79 Å². The van der Waals surface area contributed by atoms with Crippen molar-refractivity contribution in [3.8, 4) is 0 Å². The Morgan fingerprint density at radius 3 is 2.32 bits per heavy atom. The predicted molar refractivity (Wildman–Crippen MR) is 72.0 cm³/mol. The molecule has 0 heterocycles. The number of fused-ring (bicyclic) bond motifs is 2. The third-order valence-electron chi connectivity index (χ3n) is 4.60. The summed E-state index contributed by atoms with van der Waals surface area (Å²) < 4.78 is 0. The first kappa shape index (κ1) is 10.9. The van der Waals surface area contributed by atoms with Crippen LogP contribution in [0, 0.1) is 5.41 Å². The molecule has 2 heteroatoms. The van der Waals surface area contributed by atoms with E-state index in [4.69, 9.17) is 0 Å². The molecular weight excluding hydrogens is 236 g/mol. The van der Waals surface area contributed by atoms with Gasteiger partial charge in [0, 0.05) is 5.56 Å². The van der Waals surface area contributed by atoms with Gasteiger partial charge >= 0.3 is 0 Å². The molecule has 0 amide bonds. The Bertz CT molecular complexity index is 685. The minimum absolute atomic E-state index is 0.104. The van der Waals surface area contributed by atoms with Crippen LogP contribution in [0.25, 0.3) is 0 Å². The lowest BCUT2D eigenvalue weighted by Crippen LogP contribution is -2.32. The van der Waals surface area contributed by atoms with Crippen LogP contribution in [0.1, 0.15) is 33.2 Å². The molecule has 0 saturated heterocycles. The highest BCUT2D eigenvalue weighted by Crippen LogP contribution is 2.53. The molecule has 1 N–H and O–H groups in total. The van der Waals surface area contributed by atoms with E-state index in [2.05, 4.69) is 0 Å². The zero-order chi connectivity index (χ0) is 13.0. The van der Waals surface area contributed by atoms with Crippen molar-refractivity contribution < 1.29 is 9.90 Å². The maximum Gasteiger partial charge on any atom is 0.172 e. The molecule has 0 saturated carbocycles. The summed E-state index contributed by atoms with van der Waals surface area (Å²) in [6.45, 7) is 0. The first-order valence-electron chi connectivity index (χ1n) is 6.61. The number of ketones is 1. The van der Waals surface area contributed by atoms with E-state index in [-0.39, 0.29) is 5.78 Å². The van der Waals surface area contributed by atoms with Crippen LogP contribution in [-0.4, -0.2) is 10.9 Å². The Morgan fingerprint density at radius 1 is 0.947 bits per heavy atom. The van der Waals surface area contributed by atoms with E-state index in [1.807, 2.05) is 48.5 Å². The van der Waals surface area contributed by atoms with Crippen LogP contribution in [0.15, 0.2) is 48.5 Å². The van der Waals surface area contributed by atoms with Crippen molar-refractivity contribution in [1.29, 1.82) is 0 Å². The van der Waals surface area contributed by atoms with Gasteiger partial charge in [-0.05, 0) is 29.5 Å². The van der Waals surface area contributed by atoms with Crippen molar-refractivity contribution >= 4 is 5.78 Å². The molecule has 0 radical (unpaired) electrons. The van der Waals surface area contributed by atoms with E-state index < -0.39 is 11.5 Å². The van der Waals surface area contributed by atoms with E-state index >= 15 is 0 Å². The largest absolute Gasteiger partial charge is 0.387 e. The summed E-state index contributed by atoms with van der Waals surface area (Å²) in [4.78, 5) is 12.7. The number of Topliss-reactive ketones (excluding diaryl/α,β-unsaturated/α-hetero) is 1. The molecule has 94 valence electrons. The number of benzene rings is 2. The monoisotopic (exact) mass is 250 g/mol. The molecule has 19 heavy (non-hydrogen) atoms. The highest BCUT2D eigenvalue weighted by Gasteiger charge is 2.54. The Balaban J connectivity index is 1.86. The molecule has 2 aliphatic rings. The molecule has 0 unspecified atom stereocenters. The van der Waals surface area contributed by atoms with Crippen LogP contribution in [0.2, 0.25) is 0 Å². The summed E-state index contributed by atoms with van der Waals surface area (Å²) in [6, 6.07) is 15.6. The van der Waals surface area contributed by atoms with Crippen molar-refractivity contribution in [1.82, 2.24) is 0 Å². The number of aliphatic hydroxyl groups is 1. The van der Waals surface area contributed by atoms with Crippen LogP contribution in [0.3, 0.4) is 0 Å². The zero-order valence-electron chi connectivity index (χ0n) is 10.5. The lowest BCUT2D eigenvalue weighted by Gasteiger charge is -2.25. The second kappa shape index (κ2) is 3.55. The number of hydrogen-bond acceptors (Lipinski definition) is 2. The van der Waals surface area contributed by atoms with E-state index in [1.165, 1.54) is 0 Å². The molecule has 0 aliphatic heterocycles. The Hall–Kier alpha value is -1.93. The zero-order valence-corrected chi connectivity index (χ0v) is 10.5. The Morgan fingerprint density at radius 2 is 1.58 bits per heavy atom. The standard InChI is InChI=1S/C17H14O2/c18-15-13-7-3-1-5-11(13)9-17(15)10-12-6-2-4-8-14(12)16(17)19/h1-8,15,18H,9-10H2/t15-,17+/m1/s1. The second-order valence-corrected chi connectivity index (χ2v) is 5.60. The molecule has 2 aromatic rings. The molecule has 2 nitrogen and oxygen atoms in total. The summed E-state index contributed by atoms with van der Waals surface area (Å²) >= 11 is 0. The summed E-state index contributed by atoms with van der Waals surface area (Å²) in [5.74, 6) is 0.104. The highest BCUT2D eigenvalue weighted by molar-refractivity contribution is 6.06. The molecule has 2 aromatic carbocycles. The molecule has 4 rings (SSSR count). The number of aliphatic hydroxyl groups excluding tert-OH is 1. The fourth-order valence-corrected chi connectivity index (χ4v) is 3.64. The lowest BCUT2D eigenvalue weighted by molar-refractivity contribution is 0.0373. The number of rotatable bonds is 0. The Labute approximate surface area is 111 Å². The first-order valence-corrected chi connectivity index (χ1v) is 6.61. The van der Waals surface area contributed by atoms with Crippen LogP contribution in [-0.2, 0) is 12.8 Å². The maximum absolute atomic E-state index is 12.7. The molecule has 0 aromatic heterocycles. The van der Waals surface area contributed by atoms with E-state index in [0.717, 1.165) is 22.3 Å². The normalized spacial score (nSPS) is 27.6. The molecular formula is C17H14O2. The summed E-state index contributed by atoms with van der Waals surface area (Å²) in [7, 11) is 0. The van der Waals surface area contributed by atoms with Gasteiger partial charge in [0.1, 0.15) is 0 Å². The van der Waals surface area contributed by atoms with Crippen LogP contribution < -0.4 is 0 Å². The third-order valence-corrected chi connectivity index (χ3v) is 4.60. The van der Waals surface area contributed by atoms with Gasteiger partial charge < -0.3 is 5.11 Å². The quantitative estimate of drug-likeness (QED) is 0.780. The van der Waals surface area contributed by atoms with Gasteiger partial charge in [0.15, 0.2) is 5.78 Å². The average Bonchev–Trinajstić information content (AvgIpc) is 2.88. The lowest BCUT2D eigenvalue weighted by atomic mass is 9.78. The van der Waals surface area contributed by atoms with Gasteiger partial charge in [-0.2, -0.15) is 0 Å². The SMILES string of the molecule is O=C1c2ccccc2C[C@]12Cc1ccccc1[C@H]2O. The van der Waals surface area contributed by atoms with Gasteiger partial charge in [0.25, 0.3) is 0 Å². The molecule has 2 aliphatic carbocycles. The summed E-state index contributed by atoms with van der Waals surface area (Å²) in [5, 5.41) is 10.7. The minimum Gasteiger partial charge on any atom is -0.387 e. The van der Waals surface area contributed by atoms with Gasteiger partial charge in [-0.15, -0.1) is 0 Å². The number of hydrogen-bond donors (Lipinski definition) is 1. The number of carbonyl (C=O) groups excluding carboxylic acids is 1. The van der Waals surface area contributed by atoms with Crippen LogP contribution >= 0.6 is 0 Å². The van der Waals surface area contributed by atoms with E-state index in [9.17, 15) is 9.90 Å². The summed E-state index contributed by atoms with van der Waals surface area (Å²) in [5.41, 5.74) is 3.22. The molecule has 0 fully saturated rings. The highest BCUT2D eigenvalue weighted by atomic mass is 16.3. The Kier molecular flexibility index (Phi) is 2.04. The van der Waals surface area contributed by atoms with Crippen LogP contribution in [0.4, 0.5) is 0 Å². The van der Waals surface area contributed by atoms with Crippen molar-refractivity contribution in [2.75, 3.05) is 0 Å². The van der Waals surface area contributed by atoms with Gasteiger partial charge in [-0.25, -0.2) is 0 Å². The van der Waals surface area contributed by atoms with Gasteiger partial charge in [0.05, 0.1) is 11.5 Å². The fraction of sp³-hybridized carbons (Fsp3) is 0.235. The minimum atomic E-state index is -0.677. The molecule has 0 bridgehead atoms. The van der Waals surface area contributed by atoms with Crippen LogP contribution in [0.5, 0.6) is 0 Å². The smallest absolute Gasteiger partial charge is 0.172 e. The topological polar surface area (TPSA) is 37.3 Å². The van der Waals surface area contributed by atoms with Crippen molar-refractivity contribution in [2.24, 2.45) is 5.41 Å². The fourth-order valence-electron chi connectivity index (χ4n) is 3.64. The first-order chi connectivity index (χ1) is 9.22. The molecule has 1 spiro atoms. The van der Waals surface area contributed by atoms with Gasteiger partial charge in [0.2, 0.25) is 0 Å². The van der Waals surface area contributed by atoms with Gasteiger partial charge in [-0.1, -0.05) is 48.5 Å². The van der Waals surface area contributed by atoms with Crippen molar-refractivity contribution in [3.05, 3.63) is 70.8 Å². The van der Waals surface area contributed by atoms with E-state index in [0.29, 0.717) is 12.8 Å². The van der Waals surface area contributed by atoms with E-state index in [1.54, 1.807) is 0 Å². The number of carbonyl (C=O) groups is 1. The third kappa shape index (κ3) is 1.27. The van der Waals surface area contributed by atoms with Crippen molar-refractivity contribution in [3.63, 3.8) is 0 Å². The second-order valence-electron chi connectivity index (χ2n) is 5.60. The molecule has 2 atom stereocenters. The summed E-state index contributed by atoms with van der Waals surface area (Å²) in [6.07, 6.45) is 0.624. The predicted octanol–water partition coefficient (Wildman–Crippen LogP) is 2.70. The maximum atomic E-state index is 12.7.